The molecule has 2 rings (SSSR count). The van der Waals surface area contributed by atoms with Gasteiger partial charge in [-0.05, 0) is 43.2 Å². The SMILES string of the molecule is Cc1ccc(C)c(NC(=O)CC(=O)Nc2c(F)cccc2F)c1. The lowest BCUT2D eigenvalue weighted by Gasteiger charge is -2.10. The monoisotopic (exact) mass is 318 g/mol. The van der Waals surface area contributed by atoms with E-state index in [-0.39, 0.29) is 0 Å². The summed E-state index contributed by atoms with van der Waals surface area (Å²) in [7, 11) is 0. The standard InChI is InChI=1S/C17H16F2N2O2/c1-10-6-7-11(2)14(8-10)20-15(22)9-16(23)21-17-12(18)4-3-5-13(17)19/h3-8H,9H2,1-2H3,(H,20,22)(H,21,23). The molecule has 0 aromatic heterocycles. The molecule has 4 nitrogen and oxygen atoms in total. The molecule has 120 valence electrons. The molecule has 0 saturated heterocycles. The first-order valence-electron chi connectivity index (χ1n) is 6.98. The van der Waals surface area contributed by atoms with Crippen LogP contribution in [0, 0.1) is 25.5 Å². The van der Waals surface area contributed by atoms with Crippen LogP contribution in [0.4, 0.5) is 20.2 Å². The Balaban J connectivity index is 2.00. The van der Waals surface area contributed by atoms with Gasteiger partial charge in [-0.2, -0.15) is 0 Å². The molecule has 23 heavy (non-hydrogen) atoms. The quantitative estimate of drug-likeness (QED) is 0.847. The van der Waals surface area contributed by atoms with E-state index in [1.165, 1.54) is 6.07 Å². The summed E-state index contributed by atoms with van der Waals surface area (Å²) >= 11 is 0. The number of nitrogens with one attached hydrogen (secondary N) is 2. The second-order valence-corrected chi connectivity index (χ2v) is 5.19. The second-order valence-electron chi connectivity index (χ2n) is 5.19. The van der Waals surface area contributed by atoms with E-state index in [9.17, 15) is 18.4 Å². The fourth-order valence-electron chi connectivity index (χ4n) is 2.01. The van der Waals surface area contributed by atoms with Gasteiger partial charge in [0.05, 0.1) is 0 Å². The van der Waals surface area contributed by atoms with Gasteiger partial charge in [0.15, 0.2) is 0 Å². The molecule has 0 radical (unpaired) electrons. The summed E-state index contributed by atoms with van der Waals surface area (Å²) in [6, 6.07) is 8.76. The fourth-order valence-corrected chi connectivity index (χ4v) is 2.01. The minimum atomic E-state index is -0.895. The number of hydrogen-bond acceptors (Lipinski definition) is 2. The molecule has 0 saturated carbocycles. The van der Waals surface area contributed by atoms with Gasteiger partial charge >= 0.3 is 0 Å². The first kappa shape index (κ1) is 16.6. The largest absolute Gasteiger partial charge is 0.325 e. The second kappa shape index (κ2) is 7.00. The van der Waals surface area contributed by atoms with Crippen molar-refractivity contribution in [1.82, 2.24) is 0 Å². The van der Waals surface area contributed by atoms with Gasteiger partial charge in [-0.3, -0.25) is 9.59 Å². The van der Waals surface area contributed by atoms with E-state index >= 15 is 0 Å². The van der Waals surface area contributed by atoms with Crippen molar-refractivity contribution >= 4 is 23.2 Å². The van der Waals surface area contributed by atoms with E-state index in [2.05, 4.69) is 10.6 Å². The van der Waals surface area contributed by atoms with Crippen molar-refractivity contribution < 1.29 is 18.4 Å². The number of benzene rings is 2. The number of amides is 2. The molecule has 0 aliphatic heterocycles. The van der Waals surface area contributed by atoms with Crippen molar-refractivity contribution in [3.05, 3.63) is 59.2 Å². The lowest BCUT2D eigenvalue weighted by Crippen LogP contribution is -2.22. The third-order valence-electron chi connectivity index (χ3n) is 3.22. The minimum Gasteiger partial charge on any atom is -0.325 e. The summed E-state index contributed by atoms with van der Waals surface area (Å²) in [5.41, 5.74) is 1.85. The van der Waals surface area contributed by atoms with E-state index in [1.54, 1.807) is 6.07 Å². The number of rotatable bonds is 4. The number of hydrogen-bond donors (Lipinski definition) is 2. The predicted molar refractivity (Wildman–Crippen MR) is 84.2 cm³/mol. The Morgan fingerprint density at radius 2 is 1.57 bits per heavy atom. The summed E-state index contributed by atoms with van der Waals surface area (Å²) < 4.78 is 26.9. The maximum absolute atomic E-state index is 13.4. The Bertz CT molecular complexity index is 740. The highest BCUT2D eigenvalue weighted by atomic mass is 19.1. The van der Waals surface area contributed by atoms with E-state index in [0.717, 1.165) is 23.3 Å². The highest BCUT2D eigenvalue weighted by Gasteiger charge is 2.15. The number of aryl methyl sites for hydroxylation is 2. The summed E-state index contributed by atoms with van der Waals surface area (Å²) in [5, 5.41) is 4.68. The Labute approximate surface area is 132 Å². The Kier molecular flexibility index (Phi) is 5.05. The molecule has 0 aliphatic rings. The van der Waals surface area contributed by atoms with Crippen molar-refractivity contribution in [2.24, 2.45) is 0 Å². The van der Waals surface area contributed by atoms with Gasteiger partial charge in [-0.25, -0.2) is 8.78 Å². The molecule has 2 amide bonds. The molecule has 0 aliphatic carbocycles. The first-order chi connectivity index (χ1) is 10.9. The number of anilines is 2. The molecule has 0 atom stereocenters. The molecule has 2 aromatic carbocycles. The molecule has 6 heteroatoms. The van der Waals surface area contributed by atoms with Gasteiger partial charge in [0.2, 0.25) is 11.8 Å². The summed E-state index contributed by atoms with van der Waals surface area (Å²) in [6.07, 6.45) is -0.541. The first-order valence-corrected chi connectivity index (χ1v) is 6.98. The number of carbonyl (C=O) groups is 2. The van der Waals surface area contributed by atoms with Gasteiger partial charge in [-0.1, -0.05) is 18.2 Å². The van der Waals surface area contributed by atoms with Crippen molar-refractivity contribution in [2.45, 2.75) is 20.3 Å². The lowest BCUT2D eigenvalue weighted by molar-refractivity contribution is -0.123. The van der Waals surface area contributed by atoms with E-state index in [4.69, 9.17) is 0 Å². The van der Waals surface area contributed by atoms with Crippen molar-refractivity contribution in [3.8, 4) is 0 Å². The topological polar surface area (TPSA) is 58.2 Å². The van der Waals surface area contributed by atoms with E-state index < -0.39 is 35.6 Å². The van der Waals surface area contributed by atoms with Crippen LogP contribution in [-0.2, 0) is 9.59 Å². The molecule has 0 bridgehead atoms. The van der Waals surface area contributed by atoms with Gasteiger partial charge < -0.3 is 10.6 Å². The number of para-hydroxylation sites is 1. The maximum Gasteiger partial charge on any atom is 0.233 e. The van der Waals surface area contributed by atoms with Crippen molar-refractivity contribution in [3.63, 3.8) is 0 Å². The predicted octanol–water partition coefficient (Wildman–Crippen LogP) is 3.55. The van der Waals surface area contributed by atoms with Gasteiger partial charge in [0.1, 0.15) is 23.7 Å². The van der Waals surface area contributed by atoms with Crippen LogP contribution in [0.1, 0.15) is 17.5 Å². The Morgan fingerprint density at radius 1 is 0.957 bits per heavy atom. The molecule has 0 fully saturated rings. The fraction of sp³-hybridized carbons (Fsp3) is 0.176. The molecular weight excluding hydrogens is 302 g/mol. The molecule has 2 aromatic rings. The smallest absolute Gasteiger partial charge is 0.233 e. The summed E-state index contributed by atoms with van der Waals surface area (Å²) in [5.74, 6) is -3.15. The van der Waals surface area contributed by atoms with Crippen LogP contribution < -0.4 is 10.6 Å². The summed E-state index contributed by atoms with van der Waals surface area (Å²) in [4.78, 5) is 23.7. The third kappa shape index (κ3) is 4.35. The Hall–Kier alpha value is -2.76. The third-order valence-corrected chi connectivity index (χ3v) is 3.22. The maximum atomic E-state index is 13.4. The zero-order valence-electron chi connectivity index (χ0n) is 12.7. The minimum absolute atomic E-state index is 0.541. The average Bonchev–Trinajstić information content (AvgIpc) is 2.47. The molecule has 0 spiro atoms. The number of halogens is 2. The highest BCUT2D eigenvalue weighted by Crippen LogP contribution is 2.19. The zero-order chi connectivity index (χ0) is 17.0. The average molecular weight is 318 g/mol. The van der Waals surface area contributed by atoms with Crippen molar-refractivity contribution in [1.29, 1.82) is 0 Å². The summed E-state index contributed by atoms with van der Waals surface area (Å²) in [6.45, 7) is 3.70. The van der Waals surface area contributed by atoms with Crippen LogP contribution in [0.5, 0.6) is 0 Å². The normalized spacial score (nSPS) is 10.3. The van der Waals surface area contributed by atoms with Crippen LogP contribution in [0.15, 0.2) is 36.4 Å². The molecule has 2 N–H and O–H groups in total. The van der Waals surface area contributed by atoms with Crippen molar-refractivity contribution in [2.75, 3.05) is 10.6 Å². The van der Waals surface area contributed by atoms with Gasteiger partial charge in [0.25, 0.3) is 0 Å². The molecule has 0 heterocycles. The highest BCUT2D eigenvalue weighted by molar-refractivity contribution is 6.08. The zero-order valence-corrected chi connectivity index (χ0v) is 12.7. The van der Waals surface area contributed by atoms with Crippen LogP contribution in [0.2, 0.25) is 0 Å². The molecular formula is C17H16F2N2O2. The number of carbonyl (C=O) groups excluding carboxylic acids is 2. The Morgan fingerprint density at radius 3 is 2.22 bits per heavy atom. The van der Waals surface area contributed by atoms with Crippen LogP contribution >= 0.6 is 0 Å². The van der Waals surface area contributed by atoms with Gasteiger partial charge in [-0.15, -0.1) is 0 Å². The lowest BCUT2D eigenvalue weighted by atomic mass is 10.1. The molecule has 0 unspecified atom stereocenters. The van der Waals surface area contributed by atoms with Crippen LogP contribution in [-0.4, -0.2) is 11.8 Å². The van der Waals surface area contributed by atoms with Crippen LogP contribution in [0.3, 0.4) is 0 Å². The van der Waals surface area contributed by atoms with Gasteiger partial charge in [0, 0.05) is 5.69 Å². The van der Waals surface area contributed by atoms with E-state index in [1.807, 2.05) is 26.0 Å². The van der Waals surface area contributed by atoms with E-state index in [0.29, 0.717) is 5.69 Å². The van der Waals surface area contributed by atoms with Crippen LogP contribution in [0.25, 0.3) is 0 Å².